The predicted molar refractivity (Wildman–Crippen MR) is 52.1 cm³/mol. The number of ketones is 1. The smallest absolute Gasteiger partial charge is 0.317 e. The molecule has 0 bridgehead atoms. The van der Waals surface area contributed by atoms with Crippen molar-refractivity contribution in [3.8, 4) is 0 Å². The van der Waals surface area contributed by atoms with Crippen LogP contribution in [0.1, 0.15) is 10.4 Å². The molecule has 0 aliphatic rings. The van der Waals surface area contributed by atoms with Gasteiger partial charge in [-0.3, -0.25) is 9.59 Å². The van der Waals surface area contributed by atoms with Crippen LogP contribution in [0.25, 0.3) is 0 Å². The van der Waals surface area contributed by atoms with Gasteiger partial charge in [-0.2, -0.15) is 0 Å². The number of halogens is 1. The van der Waals surface area contributed by atoms with Gasteiger partial charge in [0.25, 0.3) is 0 Å². The van der Waals surface area contributed by atoms with Crippen molar-refractivity contribution >= 4 is 23.4 Å². The largest absolute Gasteiger partial charge is 0.468 e. The van der Waals surface area contributed by atoms with Gasteiger partial charge in [0.05, 0.1) is 7.11 Å². The summed E-state index contributed by atoms with van der Waals surface area (Å²) in [7, 11) is 1.22. The van der Waals surface area contributed by atoms with Gasteiger partial charge in [0, 0.05) is 10.6 Å². The van der Waals surface area contributed by atoms with E-state index in [-0.39, 0.29) is 0 Å². The third-order valence-electron chi connectivity index (χ3n) is 1.58. The third kappa shape index (κ3) is 2.85. The molecule has 0 aliphatic heterocycles. The first-order chi connectivity index (χ1) is 6.63. The summed E-state index contributed by atoms with van der Waals surface area (Å²) in [4.78, 5) is 22.1. The lowest BCUT2D eigenvalue weighted by atomic mass is 10.1. The van der Waals surface area contributed by atoms with E-state index < -0.39 is 11.8 Å². The molecule has 3 nitrogen and oxygen atoms in total. The number of esters is 1. The molecule has 0 amide bonds. The molecular formula is C10H8ClO3. The van der Waals surface area contributed by atoms with Crippen molar-refractivity contribution in [3.63, 3.8) is 0 Å². The van der Waals surface area contributed by atoms with Crippen molar-refractivity contribution < 1.29 is 14.3 Å². The molecule has 1 rings (SSSR count). The van der Waals surface area contributed by atoms with E-state index in [1.807, 2.05) is 0 Å². The quantitative estimate of drug-likeness (QED) is 0.436. The molecule has 1 aromatic rings. The maximum absolute atomic E-state index is 11.3. The zero-order valence-electron chi connectivity index (χ0n) is 7.49. The Morgan fingerprint density at radius 3 is 2.36 bits per heavy atom. The summed E-state index contributed by atoms with van der Waals surface area (Å²) in [5.41, 5.74) is 0.403. The van der Waals surface area contributed by atoms with Crippen LogP contribution in [0.4, 0.5) is 0 Å². The summed E-state index contributed by atoms with van der Waals surface area (Å²) in [6.07, 6.45) is 0.892. The third-order valence-corrected chi connectivity index (χ3v) is 1.83. The second-order valence-electron chi connectivity index (χ2n) is 2.54. The molecule has 0 fully saturated rings. The Morgan fingerprint density at radius 1 is 1.29 bits per heavy atom. The highest BCUT2D eigenvalue weighted by molar-refractivity contribution is 6.30. The van der Waals surface area contributed by atoms with Crippen LogP contribution >= 0.6 is 11.6 Å². The average Bonchev–Trinajstić information content (AvgIpc) is 2.18. The Labute approximate surface area is 86.6 Å². The number of benzene rings is 1. The van der Waals surface area contributed by atoms with E-state index in [1.165, 1.54) is 7.11 Å². The molecule has 0 saturated carbocycles. The summed E-state index contributed by atoms with van der Waals surface area (Å²) in [6.45, 7) is 0. The maximum atomic E-state index is 11.3. The van der Waals surface area contributed by atoms with Crippen molar-refractivity contribution in [1.82, 2.24) is 0 Å². The molecule has 4 heteroatoms. The van der Waals surface area contributed by atoms with Gasteiger partial charge in [-0.25, -0.2) is 0 Å². The number of carbonyl (C=O) groups excluding carboxylic acids is 2. The van der Waals surface area contributed by atoms with Gasteiger partial charge in [0.1, 0.15) is 6.42 Å². The van der Waals surface area contributed by atoms with Crippen LogP contribution < -0.4 is 0 Å². The van der Waals surface area contributed by atoms with Crippen molar-refractivity contribution in [2.24, 2.45) is 0 Å². The summed E-state index contributed by atoms with van der Waals surface area (Å²) in [5.74, 6) is -1.06. The lowest BCUT2D eigenvalue weighted by molar-refractivity contribution is -0.136. The van der Waals surface area contributed by atoms with E-state index in [0.29, 0.717) is 10.6 Å². The Hall–Kier alpha value is -1.35. The summed E-state index contributed by atoms with van der Waals surface area (Å²) >= 11 is 5.64. The van der Waals surface area contributed by atoms with Gasteiger partial charge >= 0.3 is 5.97 Å². The van der Waals surface area contributed by atoms with Crippen molar-refractivity contribution in [2.75, 3.05) is 7.11 Å². The molecule has 1 radical (unpaired) electrons. The second kappa shape index (κ2) is 4.77. The van der Waals surface area contributed by atoms with Crippen LogP contribution in [-0.4, -0.2) is 18.9 Å². The molecular weight excluding hydrogens is 204 g/mol. The van der Waals surface area contributed by atoms with Crippen molar-refractivity contribution in [2.45, 2.75) is 0 Å². The number of carbonyl (C=O) groups is 2. The van der Waals surface area contributed by atoms with Crippen molar-refractivity contribution in [1.29, 1.82) is 0 Å². The first-order valence-electron chi connectivity index (χ1n) is 3.86. The Balaban J connectivity index is 2.70. The van der Waals surface area contributed by atoms with E-state index in [0.717, 1.165) is 6.42 Å². The molecule has 73 valence electrons. The number of hydrogen-bond acceptors (Lipinski definition) is 3. The van der Waals surface area contributed by atoms with Gasteiger partial charge in [0.15, 0.2) is 5.78 Å². The second-order valence-corrected chi connectivity index (χ2v) is 2.98. The van der Waals surface area contributed by atoms with Crippen LogP contribution in [0.2, 0.25) is 5.02 Å². The molecule has 1 aromatic carbocycles. The molecule has 0 unspecified atom stereocenters. The minimum Gasteiger partial charge on any atom is -0.468 e. The van der Waals surface area contributed by atoms with E-state index >= 15 is 0 Å². The summed E-state index contributed by atoms with van der Waals surface area (Å²) in [6, 6.07) is 6.26. The van der Waals surface area contributed by atoms with Gasteiger partial charge < -0.3 is 4.74 Å². The van der Waals surface area contributed by atoms with E-state index in [4.69, 9.17) is 11.6 Å². The Bertz CT molecular complexity index is 343. The van der Waals surface area contributed by atoms with E-state index in [2.05, 4.69) is 4.74 Å². The fourth-order valence-electron chi connectivity index (χ4n) is 0.863. The molecule has 0 N–H and O–H groups in total. The molecule has 0 aromatic heterocycles. The number of rotatable bonds is 3. The molecule has 0 saturated heterocycles. The standard InChI is InChI=1S/C10H8ClO3/c1-14-10(13)6-9(12)7-2-4-8(11)5-3-7/h2-6H,1H3. The van der Waals surface area contributed by atoms with Crippen LogP contribution in [0.15, 0.2) is 24.3 Å². The highest BCUT2D eigenvalue weighted by Gasteiger charge is 2.12. The van der Waals surface area contributed by atoms with Gasteiger partial charge in [-0.1, -0.05) is 11.6 Å². The zero-order valence-corrected chi connectivity index (χ0v) is 8.25. The first kappa shape index (κ1) is 10.7. The molecule has 14 heavy (non-hydrogen) atoms. The topological polar surface area (TPSA) is 43.4 Å². The number of hydrogen-bond donors (Lipinski definition) is 0. The van der Waals surface area contributed by atoms with Gasteiger partial charge in [-0.15, -0.1) is 0 Å². The lowest BCUT2D eigenvalue weighted by Crippen LogP contribution is -2.10. The first-order valence-corrected chi connectivity index (χ1v) is 4.24. The van der Waals surface area contributed by atoms with Crippen molar-refractivity contribution in [3.05, 3.63) is 41.3 Å². The van der Waals surface area contributed by atoms with E-state index in [1.54, 1.807) is 24.3 Å². The SMILES string of the molecule is COC(=O)[CH]C(=O)c1ccc(Cl)cc1. The minimum absolute atomic E-state index is 0.395. The van der Waals surface area contributed by atoms with Crippen LogP contribution in [-0.2, 0) is 9.53 Å². The fourth-order valence-corrected chi connectivity index (χ4v) is 0.989. The Kier molecular flexibility index (Phi) is 3.65. The maximum Gasteiger partial charge on any atom is 0.317 e. The molecule has 0 heterocycles. The van der Waals surface area contributed by atoms with E-state index in [9.17, 15) is 9.59 Å². The zero-order chi connectivity index (χ0) is 10.6. The summed E-state index contributed by atoms with van der Waals surface area (Å²) in [5, 5.41) is 0.541. The predicted octanol–water partition coefficient (Wildman–Crippen LogP) is 1.90. The van der Waals surface area contributed by atoms with Crippen LogP contribution in [0.3, 0.4) is 0 Å². The van der Waals surface area contributed by atoms with Gasteiger partial charge in [-0.05, 0) is 24.3 Å². The minimum atomic E-state index is -0.662. The monoisotopic (exact) mass is 211 g/mol. The average molecular weight is 212 g/mol. The normalized spacial score (nSPS) is 9.57. The summed E-state index contributed by atoms with van der Waals surface area (Å²) < 4.78 is 4.32. The highest BCUT2D eigenvalue weighted by Crippen LogP contribution is 2.10. The van der Waals surface area contributed by atoms with Gasteiger partial charge in [0.2, 0.25) is 0 Å². The lowest BCUT2D eigenvalue weighted by Gasteiger charge is -1.99. The van der Waals surface area contributed by atoms with Crippen LogP contribution in [0.5, 0.6) is 0 Å². The number of ether oxygens (including phenoxy) is 1. The number of Topliss-reactive ketones (excluding diaryl/α,β-unsaturated/α-hetero) is 1. The van der Waals surface area contributed by atoms with Crippen LogP contribution in [0, 0.1) is 6.42 Å². The molecule has 0 spiro atoms. The fraction of sp³-hybridized carbons (Fsp3) is 0.100. The highest BCUT2D eigenvalue weighted by atomic mass is 35.5. The Morgan fingerprint density at radius 2 is 1.86 bits per heavy atom. The number of methoxy groups -OCH3 is 1. The molecule has 0 aliphatic carbocycles. The molecule has 0 atom stereocenters.